The van der Waals surface area contributed by atoms with Crippen LogP contribution in [-0.4, -0.2) is 34.6 Å². The van der Waals surface area contributed by atoms with Gasteiger partial charge in [-0.05, 0) is 32.6 Å². The normalized spacial score (nSPS) is 27.6. The van der Waals surface area contributed by atoms with Crippen molar-refractivity contribution in [2.75, 3.05) is 13.1 Å². The van der Waals surface area contributed by atoms with E-state index in [4.69, 9.17) is 0 Å². The first kappa shape index (κ1) is 15.4. The van der Waals surface area contributed by atoms with Crippen LogP contribution in [0, 0.1) is 12.8 Å². The van der Waals surface area contributed by atoms with E-state index in [0.29, 0.717) is 23.5 Å². The zero-order valence-electron chi connectivity index (χ0n) is 13.9. The number of aryl methyl sites for hydroxylation is 1. The Morgan fingerprint density at radius 3 is 2.62 bits per heavy atom. The summed E-state index contributed by atoms with van der Waals surface area (Å²) in [6.07, 6.45) is 7.49. The molecule has 2 fully saturated rings. The molecule has 2 aliphatic rings. The third kappa shape index (κ3) is 3.03. The maximum atomic E-state index is 4.66. The van der Waals surface area contributed by atoms with Crippen LogP contribution in [-0.2, 0) is 0 Å². The average Bonchev–Trinajstić information content (AvgIpc) is 3.07. The molecule has 0 radical (unpaired) electrons. The fraction of sp³-hybridized carbons (Fsp3) is 0.824. The minimum absolute atomic E-state index is 0.381. The van der Waals surface area contributed by atoms with E-state index in [0.717, 1.165) is 6.54 Å². The van der Waals surface area contributed by atoms with Crippen LogP contribution in [0.1, 0.15) is 62.4 Å². The topological polar surface area (TPSA) is 28.2 Å². The number of thiazole rings is 1. The van der Waals surface area contributed by atoms with Crippen molar-refractivity contribution in [2.24, 2.45) is 5.92 Å². The Bertz CT molecular complexity index is 476. The van der Waals surface area contributed by atoms with E-state index < -0.39 is 0 Å². The standard InChI is InChI=1S/C17H29N3S/c1-12(2)15-10-19-17(7-5-6-8-17)11-20(15)14(4)16-18-9-13(3)21-16/h9,12,14-15,19H,5-8,10-11H2,1-4H3. The first-order chi connectivity index (χ1) is 10.0. The van der Waals surface area contributed by atoms with Crippen molar-refractivity contribution < 1.29 is 0 Å². The minimum Gasteiger partial charge on any atom is -0.308 e. The van der Waals surface area contributed by atoms with E-state index in [1.165, 1.54) is 42.1 Å². The van der Waals surface area contributed by atoms with Gasteiger partial charge in [-0.3, -0.25) is 4.90 Å². The van der Waals surface area contributed by atoms with Gasteiger partial charge < -0.3 is 5.32 Å². The van der Waals surface area contributed by atoms with Crippen LogP contribution in [0.25, 0.3) is 0 Å². The molecule has 2 unspecified atom stereocenters. The lowest BCUT2D eigenvalue weighted by Gasteiger charge is -2.49. The maximum absolute atomic E-state index is 4.66. The number of nitrogens with zero attached hydrogens (tertiary/aromatic N) is 2. The third-order valence-electron chi connectivity index (χ3n) is 5.42. The highest BCUT2D eigenvalue weighted by Gasteiger charge is 2.43. The SMILES string of the molecule is Cc1cnc(C(C)N2CC3(CCCC3)NCC2C(C)C)s1. The molecule has 2 heterocycles. The van der Waals surface area contributed by atoms with Crippen LogP contribution in [0.15, 0.2) is 6.20 Å². The van der Waals surface area contributed by atoms with Crippen molar-refractivity contribution in [2.45, 2.75) is 71.0 Å². The van der Waals surface area contributed by atoms with Crippen LogP contribution in [0.5, 0.6) is 0 Å². The molecule has 1 aromatic heterocycles. The highest BCUT2D eigenvalue weighted by Crippen LogP contribution is 2.38. The molecule has 1 saturated carbocycles. The van der Waals surface area contributed by atoms with Gasteiger partial charge in [0.15, 0.2) is 0 Å². The summed E-state index contributed by atoms with van der Waals surface area (Å²) in [5.41, 5.74) is 0.381. The Kier molecular flexibility index (Phi) is 4.40. The number of hydrogen-bond donors (Lipinski definition) is 1. The van der Waals surface area contributed by atoms with E-state index in [-0.39, 0.29) is 0 Å². The van der Waals surface area contributed by atoms with Crippen molar-refractivity contribution in [3.63, 3.8) is 0 Å². The van der Waals surface area contributed by atoms with E-state index in [1.807, 2.05) is 17.5 Å². The molecule has 1 N–H and O–H groups in total. The molecule has 0 bridgehead atoms. The van der Waals surface area contributed by atoms with Gasteiger partial charge >= 0.3 is 0 Å². The molecule has 1 aliphatic heterocycles. The molecule has 1 aliphatic carbocycles. The first-order valence-electron chi connectivity index (χ1n) is 8.44. The summed E-state index contributed by atoms with van der Waals surface area (Å²) in [6.45, 7) is 11.5. The van der Waals surface area contributed by atoms with Crippen molar-refractivity contribution in [1.82, 2.24) is 15.2 Å². The molecular weight excluding hydrogens is 278 g/mol. The van der Waals surface area contributed by atoms with E-state index in [1.54, 1.807) is 0 Å². The summed E-state index contributed by atoms with van der Waals surface area (Å²) in [4.78, 5) is 8.72. The fourth-order valence-electron chi connectivity index (χ4n) is 4.10. The largest absolute Gasteiger partial charge is 0.308 e. The van der Waals surface area contributed by atoms with Gasteiger partial charge in [-0.25, -0.2) is 4.98 Å². The molecule has 1 saturated heterocycles. The Morgan fingerprint density at radius 1 is 1.33 bits per heavy atom. The zero-order chi connectivity index (χ0) is 15.0. The number of hydrogen-bond acceptors (Lipinski definition) is 4. The molecule has 3 rings (SSSR count). The number of nitrogens with one attached hydrogen (secondary N) is 1. The van der Waals surface area contributed by atoms with Gasteiger partial charge in [0.25, 0.3) is 0 Å². The molecule has 1 spiro atoms. The highest BCUT2D eigenvalue weighted by atomic mass is 32.1. The van der Waals surface area contributed by atoms with E-state index in [9.17, 15) is 0 Å². The summed E-state index contributed by atoms with van der Waals surface area (Å²) in [5, 5.41) is 5.19. The number of rotatable bonds is 3. The molecule has 3 nitrogen and oxygen atoms in total. The van der Waals surface area contributed by atoms with Gasteiger partial charge in [0, 0.05) is 35.7 Å². The second kappa shape index (κ2) is 5.98. The molecule has 118 valence electrons. The van der Waals surface area contributed by atoms with Gasteiger partial charge in [-0.15, -0.1) is 11.3 Å². The predicted molar refractivity (Wildman–Crippen MR) is 89.8 cm³/mol. The summed E-state index contributed by atoms with van der Waals surface area (Å²) >= 11 is 1.86. The summed E-state index contributed by atoms with van der Waals surface area (Å²) in [5.74, 6) is 0.680. The van der Waals surface area contributed by atoms with Crippen LogP contribution >= 0.6 is 11.3 Å². The highest BCUT2D eigenvalue weighted by molar-refractivity contribution is 7.11. The Morgan fingerprint density at radius 2 is 2.05 bits per heavy atom. The zero-order valence-corrected chi connectivity index (χ0v) is 14.7. The van der Waals surface area contributed by atoms with Crippen molar-refractivity contribution in [3.8, 4) is 0 Å². The van der Waals surface area contributed by atoms with Crippen molar-refractivity contribution in [1.29, 1.82) is 0 Å². The number of aromatic nitrogens is 1. The molecule has 21 heavy (non-hydrogen) atoms. The first-order valence-corrected chi connectivity index (χ1v) is 9.25. The van der Waals surface area contributed by atoms with Gasteiger partial charge in [0.2, 0.25) is 0 Å². The Labute approximate surface area is 133 Å². The predicted octanol–water partition coefficient (Wildman–Crippen LogP) is 3.76. The maximum Gasteiger partial charge on any atom is 0.110 e. The Hall–Kier alpha value is -0.450. The fourth-order valence-corrected chi connectivity index (χ4v) is 4.94. The van der Waals surface area contributed by atoms with Crippen LogP contribution in [0.2, 0.25) is 0 Å². The van der Waals surface area contributed by atoms with Crippen molar-refractivity contribution in [3.05, 3.63) is 16.1 Å². The van der Waals surface area contributed by atoms with Crippen LogP contribution < -0.4 is 5.32 Å². The van der Waals surface area contributed by atoms with E-state index in [2.05, 4.69) is 42.9 Å². The molecule has 2 atom stereocenters. The molecule has 0 amide bonds. The van der Waals surface area contributed by atoms with Crippen molar-refractivity contribution >= 4 is 11.3 Å². The van der Waals surface area contributed by atoms with Gasteiger partial charge in [-0.1, -0.05) is 26.7 Å². The molecule has 1 aromatic rings. The quantitative estimate of drug-likeness (QED) is 0.921. The van der Waals surface area contributed by atoms with Gasteiger partial charge in [-0.2, -0.15) is 0 Å². The lowest BCUT2D eigenvalue weighted by atomic mass is 9.88. The lowest BCUT2D eigenvalue weighted by molar-refractivity contribution is 0.0267. The van der Waals surface area contributed by atoms with Crippen LogP contribution in [0.4, 0.5) is 0 Å². The summed E-state index contributed by atoms with van der Waals surface area (Å²) < 4.78 is 0. The second-order valence-corrected chi connectivity index (χ2v) is 8.60. The smallest absolute Gasteiger partial charge is 0.110 e. The van der Waals surface area contributed by atoms with Gasteiger partial charge in [0.1, 0.15) is 5.01 Å². The lowest BCUT2D eigenvalue weighted by Crippen LogP contribution is -2.64. The minimum atomic E-state index is 0.381. The average molecular weight is 308 g/mol. The second-order valence-electron chi connectivity index (χ2n) is 7.34. The third-order valence-corrected chi connectivity index (χ3v) is 6.50. The molecule has 0 aromatic carbocycles. The van der Waals surface area contributed by atoms with Crippen LogP contribution in [0.3, 0.4) is 0 Å². The number of piperazine rings is 1. The van der Waals surface area contributed by atoms with E-state index >= 15 is 0 Å². The molecule has 4 heteroatoms. The van der Waals surface area contributed by atoms with Gasteiger partial charge in [0.05, 0.1) is 6.04 Å². The summed E-state index contributed by atoms with van der Waals surface area (Å²) in [7, 11) is 0. The Balaban J connectivity index is 1.83. The monoisotopic (exact) mass is 307 g/mol. The molecular formula is C17H29N3S. The summed E-state index contributed by atoms with van der Waals surface area (Å²) in [6, 6.07) is 1.06.